The Labute approximate surface area is 153 Å². The van der Waals surface area contributed by atoms with Crippen LogP contribution in [0.2, 0.25) is 0 Å². The first-order chi connectivity index (χ1) is 12.7. The Balaban J connectivity index is 1.95. The molecule has 2 amide bonds. The quantitative estimate of drug-likeness (QED) is 0.747. The number of nitrogens with one attached hydrogen (secondary N) is 2. The topological polar surface area (TPSA) is 76.7 Å². The smallest absolute Gasteiger partial charge is 0.416 e. The first kappa shape index (κ1) is 20.1. The van der Waals surface area contributed by atoms with Crippen molar-refractivity contribution < 1.29 is 32.2 Å². The molecule has 2 rings (SSSR count). The minimum absolute atomic E-state index is 0.155. The molecule has 0 saturated carbocycles. The molecule has 0 spiro atoms. The van der Waals surface area contributed by atoms with Crippen molar-refractivity contribution in [1.82, 2.24) is 0 Å². The van der Waals surface area contributed by atoms with Crippen LogP contribution in [0.5, 0.6) is 11.5 Å². The van der Waals surface area contributed by atoms with Gasteiger partial charge in [-0.05, 0) is 36.4 Å². The van der Waals surface area contributed by atoms with Crippen molar-refractivity contribution in [3.8, 4) is 11.5 Å². The third-order valence-corrected chi connectivity index (χ3v) is 3.50. The Hall–Kier alpha value is -3.23. The first-order valence-corrected chi connectivity index (χ1v) is 7.72. The third-order valence-electron chi connectivity index (χ3n) is 3.50. The molecule has 0 atom stereocenters. The van der Waals surface area contributed by atoms with Gasteiger partial charge in [0.25, 0.3) is 0 Å². The molecule has 0 unspecified atom stereocenters. The molecular formula is C18H17F3N2O4. The fraction of sp³-hybridized carbons (Fsp3) is 0.222. The van der Waals surface area contributed by atoms with Crippen LogP contribution in [0.25, 0.3) is 0 Å². The number of hydrogen-bond donors (Lipinski definition) is 2. The number of benzene rings is 2. The molecule has 9 heteroatoms. The highest BCUT2D eigenvalue weighted by atomic mass is 19.4. The number of carbonyl (C=O) groups is 2. The summed E-state index contributed by atoms with van der Waals surface area (Å²) in [5.41, 5.74) is -0.321. The lowest BCUT2D eigenvalue weighted by Crippen LogP contribution is -2.21. The summed E-state index contributed by atoms with van der Waals surface area (Å²) in [6, 6.07) is 8.66. The Morgan fingerprint density at radius 3 is 2.11 bits per heavy atom. The van der Waals surface area contributed by atoms with Gasteiger partial charge in [-0.1, -0.05) is 0 Å². The van der Waals surface area contributed by atoms with Gasteiger partial charge in [0.15, 0.2) is 0 Å². The largest absolute Gasteiger partial charge is 0.497 e. The van der Waals surface area contributed by atoms with Gasteiger partial charge in [0.1, 0.15) is 17.9 Å². The van der Waals surface area contributed by atoms with Gasteiger partial charge in [0.2, 0.25) is 11.8 Å². The van der Waals surface area contributed by atoms with Crippen LogP contribution < -0.4 is 20.1 Å². The lowest BCUT2D eigenvalue weighted by molar-refractivity contribution is -0.137. The zero-order valence-corrected chi connectivity index (χ0v) is 14.5. The van der Waals surface area contributed by atoms with Gasteiger partial charge in [0.05, 0.1) is 25.5 Å². The minimum atomic E-state index is -4.46. The van der Waals surface area contributed by atoms with Crippen LogP contribution in [0.1, 0.15) is 12.0 Å². The third kappa shape index (κ3) is 5.63. The molecule has 0 heterocycles. The van der Waals surface area contributed by atoms with Crippen molar-refractivity contribution in [2.24, 2.45) is 0 Å². The second kappa shape index (κ2) is 8.43. The SMILES string of the molecule is COc1ccc(NC(=O)CC(=O)Nc2ccc(C(F)(F)F)cc2)c(OC)c1. The van der Waals surface area contributed by atoms with Crippen molar-refractivity contribution in [2.45, 2.75) is 12.6 Å². The van der Waals surface area contributed by atoms with Gasteiger partial charge in [-0.3, -0.25) is 9.59 Å². The highest BCUT2D eigenvalue weighted by Gasteiger charge is 2.30. The maximum atomic E-state index is 12.5. The molecule has 2 N–H and O–H groups in total. The van der Waals surface area contributed by atoms with Crippen molar-refractivity contribution >= 4 is 23.2 Å². The molecule has 0 aliphatic carbocycles. The fourth-order valence-electron chi connectivity index (χ4n) is 2.19. The van der Waals surface area contributed by atoms with E-state index in [0.717, 1.165) is 24.3 Å². The summed E-state index contributed by atoms with van der Waals surface area (Å²) in [5, 5.41) is 4.90. The predicted octanol–water partition coefficient (Wildman–Crippen LogP) is 3.69. The zero-order chi connectivity index (χ0) is 20.0. The molecule has 0 bridgehead atoms. The number of alkyl halides is 3. The van der Waals surface area contributed by atoms with Gasteiger partial charge in [-0.25, -0.2) is 0 Å². The molecule has 2 aromatic rings. The van der Waals surface area contributed by atoms with Crippen LogP contribution in [-0.4, -0.2) is 26.0 Å². The summed E-state index contributed by atoms with van der Waals surface area (Å²) in [4.78, 5) is 23.9. The molecule has 0 aliphatic rings. The van der Waals surface area contributed by atoms with Gasteiger partial charge < -0.3 is 20.1 Å². The van der Waals surface area contributed by atoms with Crippen molar-refractivity contribution in [3.63, 3.8) is 0 Å². The number of halogens is 3. The summed E-state index contributed by atoms with van der Waals surface area (Å²) >= 11 is 0. The molecule has 0 aliphatic heterocycles. The molecule has 27 heavy (non-hydrogen) atoms. The Morgan fingerprint density at radius 2 is 1.56 bits per heavy atom. The number of hydrogen-bond acceptors (Lipinski definition) is 4. The van der Waals surface area contributed by atoms with Crippen molar-refractivity contribution in [2.75, 3.05) is 24.9 Å². The highest BCUT2D eigenvalue weighted by molar-refractivity contribution is 6.08. The second-order valence-electron chi connectivity index (χ2n) is 5.41. The second-order valence-corrected chi connectivity index (χ2v) is 5.41. The lowest BCUT2D eigenvalue weighted by atomic mass is 10.2. The number of methoxy groups -OCH3 is 2. The van der Waals surface area contributed by atoms with Crippen LogP contribution in [0.15, 0.2) is 42.5 Å². The van der Waals surface area contributed by atoms with E-state index in [4.69, 9.17) is 9.47 Å². The molecule has 0 radical (unpaired) electrons. The standard InChI is InChI=1S/C18H17F3N2O4/c1-26-13-7-8-14(15(9-13)27-2)23-17(25)10-16(24)22-12-5-3-11(4-6-12)18(19,20)21/h3-9H,10H2,1-2H3,(H,22,24)(H,23,25). The zero-order valence-electron chi connectivity index (χ0n) is 14.5. The highest BCUT2D eigenvalue weighted by Crippen LogP contribution is 2.30. The predicted molar refractivity (Wildman–Crippen MR) is 92.9 cm³/mol. The van der Waals surface area contributed by atoms with E-state index >= 15 is 0 Å². The Kier molecular flexibility index (Phi) is 6.27. The Morgan fingerprint density at radius 1 is 0.926 bits per heavy atom. The van der Waals surface area contributed by atoms with Gasteiger partial charge >= 0.3 is 6.18 Å². The van der Waals surface area contributed by atoms with Crippen molar-refractivity contribution in [3.05, 3.63) is 48.0 Å². The monoisotopic (exact) mass is 382 g/mol. The summed E-state index contributed by atoms with van der Waals surface area (Å²) in [7, 11) is 2.90. The van der Waals surface area contributed by atoms with Crippen LogP contribution >= 0.6 is 0 Å². The maximum Gasteiger partial charge on any atom is 0.416 e. The van der Waals surface area contributed by atoms with Crippen LogP contribution in [0, 0.1) is 0 Å². The van der Waals surface area contributed by atoms with E-state index in [0.29, 0.717) is 17.2 Å². The normalized spacial score (nSPS) is 10.9. The van der Waals surface area contributed by atoms with Crippen molar-refractivity contribution in [1.29, 1.82) is 0 Å². The van der Waals surface area contributed by atoms with E-state index < -0.39 is 30.0 Å². The molecule has 144 valence electrons. The summed E-state index contributed by atoms with van der Waals surface area (Å²) in [5.74, 6) is -0.390. The molecule has 0 saturated heterocycles. The summed E-state index contributed by atoms with van der Waals surface area (Å²) in [6.07, 6.45) is -4.98. The number of rotatable bonds is 6. The van der Waals surface area contributed by atoms with Gasteiger partial charge in [0, 0.05) is 11.8 Å². The van der Waals surface area contributed by atoms with E-state index in [1.165, 1.54) is 14.2 Å². The molecule has 0 fully saturated rings. The fourth-order valence-corrected chi connectivity index (χ4v) is 2.19. The number of amides is 2. The lowest BCUT2D eigenvalue weighted by Gasteiger charge is -2.12. The van der Waals surface area contributed by atoms with E-state index in [9.17, 15) is 22.8 Å². The Bertz CT molecular complexity index is 820. The molecule has 2 aromatic carbocycles. The first-order valence-electron chi connectivity index (χ1n) is 7.72. The number of carbonyl (C=O) groups excluding carboxylic acids is 2. The maximum absolute atomic E-state index is 12.5. The number of ether oxygens (including phenoxy) is 2. The van der Waals surface area contributed by atoms with Crippen LogP contribution in [0.4, 0.5) is 24.5 Å². The minimum Gasteiger partial charge on any atom is -0.497 e. The van der Waals surface area contributed by atoms with Crippen LogP contribution in [-0.2, 0) is 15.8 Å². The van der Waals surface area contributed by atoms with Crippen LogP contribution in [0.3, 0.4) is 0 Å². The van der Waals surface area contributed by atoms with E-state index in [2.05, 4.69) is 10.6 Å². The number of anilines is 2. The van der Waals surface area contributed by atoms with E-state index in [1.54, 1.807) is 18.2 Å². The molecular weight excluding hydrogens is 365 g/mol. The summed E-state index contributed by atoms with van der Waals surface area (Å²) < 4.78 is 47.7. The van der Waals surface area contributed by atoms with Gasteiger partial charge in [-0.2, -0.15) is 13.2 Å². The average Bonchev–Trinajstić information content (AvgIpc) is 2.61. The van der Waals surface area contributed by atoms with E-state index in [1.807, 2.05) is 0 Å². The van der Waals surface area contributed by atoms with Gasteiger partial charge in [-0.15, -0.1) is 0 Å². The average molecular weight is 382 g/mol. The molecule has 0 aromatic heterocycles. The summed E-state index contributed by atoms with van der Waals surface area (Å²) in [6.45, 7) is 0. The van der Waals surface area contributed by atoms with E-state index in [-0.39, 0.29) is 5.69 Å². The molecule has 6 nitrogen and oxygen atoms in total.